The predicted molar refractivity (Wildman–Crippen MR) is 80.5 cm³/mol. The van der Waals surface area contributed by atoms with Gasteiger partial charge in [0.1, 0.15) is 6.10 Å². The van der Waals surface area contributed by atoms with Crippen molar-refractivity contribution in [1.82, 2.24) is 0 Å². The molecule has 0 N–H and O–H groups in total. The van der Waals surface area contributed by atoms with E-state index in [0.717, 1.165) is 22.0 Å². The SMILES string of the molecule is CC1(C)OCC(CN2C(=O)c3cccc4cccc2c34)O1. The summed E-state index contributed by atoms with van der Waals surface area (Å²) >= 11 is 0. The molecule has 1 atom stereocenters. The number of benzene rings is 2. The summed E-state index contributed by atoms with van der Waals surface area (Å²) in [5.74, 6) is -0.512. The van der Waals surface area contributed by atoms with E-state index in [-0.39, 0.29) is 12.0 Å². The molecule has 0 aliphatic carbocycles. The Hall–Kier alpha value is -1.91. The Kier molecular flexibility index (Phi) is 2.62. The van der Waals surface area contributed by atoms with E-state index in [2.05, 4.69) is 0 Å². The Morgan fingerprint density at radius 2 is 2.00 bits per heavy atom. The maximum Gasteiger partial charge on any atom is 0.259 e. The van der Waals surface area contributed by atoms with Crippen LogP contribution in [0.2, 0.25) is 0 Å². The van der Waals surface area contributed by atoms with Gasteiger partial charge in [-0.3, -0.25) is 4.79 Å². The molecule has 2 aliphatic rings. The van der Waals surface area contributed by atoms with Crippen molar-refractivity contribution in [2.45, 2.75) is 25.7 Å². The molecule has 1 saturated heterocycles. The van der Waals surface area contributed by atoms with Gasteiger partial charge in [-0.2, -0.15) is 0 Å². The van der Waals surface area contributed by atoms with Crippen molar-refractivity contribution in [2.75, 3.05) is 18.1 Å². The van der Waals surface area contributed by atoms with E-state index < -0.39 is 5.79 Å². The summed E-state index contributed by atoms with van der Waals surface area (Å²) in [7, 11) is 0. The number of hydrogen-bond donors (Lipinski definition) is 0. The minimum Gasteiger partial charge on any atom is -0.348 e. The number of amides is 1. The van der Waals surface area contributed by atoms with Gasteiger partial charge in [0.15, 0.2) is 5.79 Å². The molecule has 0 saturated carbocycles. The van der Waals surface area contributed by atoms with Gasteiger partial charge < -0.3 is 14.4 Å². The molecule has 4 heteroatoms. The molecule has 0 spiro atoms. The van der Waals surface area contributed by atoms with Crippen molar-refractivity contribution in [3.05, 3.63) is 42.0 Å². The lowest BCUT2D eigenvalue weighted by Gasteiger charge is -2.22. The molecule has 1 amide bonds. The molecule has 1 fully saturated rings. The fourth-order valence-electron chi connectivity index (χ4n) is 3.22. The first-order valence-electron chi connectivity index (χ1n) is 7.20. The molecule has 108 valence electrons. The number of carbonyl (C=O) groups is 1. The molecule has 2 aromatic carbocycles. The number of nitrogens with zero attached hydrogens (tertiary/aromatic N) is 1. The maximum absolute atomic E-state index is 12.7. The molecule has 2 aliphatic heterocycles. The van der Waals surface area contributed by atoms with Crippen LogP contribution in [0.15, 0.2) is 36.4 Å². The summed E-state index contributed by atoms with van der Waals surface area (Å²) in [4.78, 5) is 14.5. The molecule has 2 aromatic rings. The van der Waals surface area contributed by atoms with Crippen molar-refractivity contribution in [3.8, 4) is 0 Å². The molecule has 1 unspecified atom stereocenters. The van der Waals surface area contributed by atoms with Crippen molar-refractivity contribution < 1.29 is 14.3 Å². The average Bonchev–Trinajstić information content (AvgIpc) is 2.94. The minimum atomic E-state index is -0.563. The normalized spacial score (nSPS) is 23.2. The van der Waals surface area contributed by atoms with Gasteiger partial charge in [0, 0.05) is 10.9 Å². The predicted octanol–water partition coefficient (Wildman–Crippen LogP) is 2.95. The summed E-state index contributed by atoms with van der Waals surface area (Å²) in [6.07, 6.45) is -0.0893. The van der Waals surface area contributed by atoms with Crippen LogP contribution in [0.4, 0.5) is 5.69 Å². The van der Waals surface area contributed by atoms with Crippen molar-refractivity contribution in [1.29, 1.82) is 0 Å². The number of hydrogen-bond acceptors (Lipinski definition) is 3. The second-order valence-corrected chi connectivity index (χ2v) is 6.05. The van der Waals surface area contributed by atoms with Gasteiger partial charge in [-0.05, 0) is 31.4 Å². The first-order chi connectivity index (χ1) is 10.1. The fraction of sp³-hybridized carbons (Fsp3) is 0.353. The lowest BCUT2D eigenvalue weighted by atomic mass is 10.1. The van der Waals surface area contributed by atoms with Crippen LogP contribution in [0.25, 0.3) is 10.8 Å². The first kappa shape index (κ1) is 12.8. The molecular formula is C17H17NO3. The summed E-state index contributed by atoms with van der Waals surface area (Å²) in [6.45, 7) is 4.84. The average molecular weight is 283 g/mol. The van der Waals surface area contributed by atoms with Crippen molar-refractivity contribution in [3.63, 3.8) is 0 Å². The van der Waals surface area contributed by atoms with E-state index >= 15 is 0 Å². The van der Waals surface area contributed by atoms with Crippen LogP contribution in [0.1, 0.15) is 24.2 Å². The monoisotopic (exact) mass is 283 g/mol. The van der Waals surface area contributed by atoms with Gasteiger partial charge in [-0.15, -0.1) is 0 Å². The summed E-state index contributed by atoms with van der Waals surface area (Å²) in [6, 6.07) is 11.9. The lowest BCUT2D eigenvalue weighted by molar-refractivity contribution is -0.137. The van der Waals surface area contributed by atoms with Gasteiger partial charge in [-0.25, -0.2) is 0 Å². The zero-order valence-corrected chi connectivity index (χ0v) is 12.1. The third-order valence-corrected chi connectivity index (χ3v) is 4.10. The summed E-state index contributed by atoms with van der Waals surface area (Å²) < 4.78 is 11.4. The van der Waals surface area contributed by atoms with Crippen molar-refractivity contribution in [2.24, 2.45) is 0 Å². The van der Waals surface area contributed by atoms with Crippen LogP contribution in [-0.2, 0) is 9.47 Å². The molecule has 4 nitrogen and oxygen atoms in total. The van der Waals surface area contributed by atoms with E-state index in [4.69, 9.17) is 9.47 Å². The molecule has 2 heterocycles. The number of rotatable bonds is 2. The number of ether oxygens (including phenoxy) is 2. The highest BCUT2D eigenvalue weighted by molar-refractivity contribution is 6.25. The summed E-state index contributed by atoms with van der Waals surface area (Å²) in [5, 5.41) is 2.15. The molecule has 0 aromatic heterocycles. The Morgan fingerprint density at radius 3 is 2.71 bits per heavy atom. The second-order valence-electron chi connectivity index (χ2n) is 6.05. The highest BCUT2D eigenvalue weighted by Gasteiger charge is 2.37. The number of carbonyl (C=O) groups excluding carboxylic acids is 1. The Morgan fingerprint density at radius 1 is 1.24 bits per heavy atom. The molecule has 21 heavy (non-hydrogen) atoms. The molecule has 4 rings (SSSR count). The van der Waals surface area contributed by atoms with Crippen LogP contribution in [0.5, 0.6) is 0 Å². The first-order valence-corrected chi connectivity index (χ1v) is 7.20. The van der Waals surface area contributed by atoms with Crippen LogP contribution in [-0.4, -0.2) is 30.9 Å². The summed E-state index contributed by atoms with van der Waals surface area (Å²) in [5.41, 5.74) is 1.75. The standard InChI is InChI=1S/C17H17NO3/c1-17(2)20-10-12(21-17)9-18-14-8-4-6-11-5-3-7-13(15(11)14)16(18)19/h3-8,12H,9-10H2,1-2H3. The molecule has 0 radical (unpaired) electrons. The number of anilines is 1. The fourth-order valence-corrected chi connectivity index (χ4v) is 3.22. The van der Waals surface area contributed by atoms with Crippen LogP contribution in [0, 0.1) is 0 Å². The highest BCUT2D eigenvalue weighted by Crippen LogP contribution is 2.38. The van der Waals surface area contributed by atoms with Crippen LogP contribution < -0.4 is 4.90 Å². The van der Waals surface area contributed by atoms with E-state index in [9.17, 15) is 4.79 Å². The van der Waals surface area contributed by atoms with E-state index in [1.54, 1.807) is 0 Å². The van der Waals surface area contributed by atoms with E-state index in [1.807, 2.05) is 55.1 Å². The van der Waals surface area contributed by atoms with Gasteiger partial charge in [-0.1, -0.05) is 24.3 Å². The van der Waals surface area contributed by atoms with Gasteiger partial charge in [0.2, 0.25) is 0 Å². The largest absolute Gasteiger partial charge is 0.348 e. The van der Waals surface area contributed by atoms with Crippen LogP contribution in [0.3, 0.4) is 0 Å². The van der Waals surface area contributed by atoms with Crippen LogP contribution >= 0.6 is 0 Å². The zero-order chi connectivity index (χ0) is 14.6. The van der Waals surface area contributed by atoms with Crippen molar-refractivity contribution >= 4 is 22.4 Å². The van der Waals surface area contributed by atoms with E-state index in [0.29, 0.717) is 13.2 Å². The molecular weight excluding hydrogens is 266 g/mol. The van der Waals surface area contributed by atoms with Gasteiger partial charge >= 0.3 is 0 Å². The minimum absolute atomic E-state index is 0.0510. The third kappa shape index (κ3) is 1.94. The quantitative estimate of drug-likeness (QED) is 0.850. The Balaban J connectivity index is 1.70. The topological polar surface area (TPSA) is 38.8 Å². The van der Waals surface area contributed by atoms with E-state index in [1.165, 1.54) is 0 Å². The Labute approximate surface area is 123 Å². The van der Waals surface area contributed by atoms with Gasteiger partial charge in [0.05, 0.1) is 18.8 Å². The zero-order valence-electron chi connectivity index (χ0n) is 12.1. The maximum atomic E-state index is 12.7. The van der Waals surface area contributed by atoms with Gasteiger partial charge in [0.25, 0.3) is 5.91 Å². The lowest BCUT2D eigenvalue weighted by Crippen LogP contribution is -2.36. The Bertz CT molecular complexity index is 733. The highest BCUT2D eigenvalue weighted by atomic mass is 16.7. The smallest absolute Gasteiger partial charge is 0.259 e. The second kappa shape index (κ2) is 4.29. The molecule has 0 bridgehead atoms. The third-order valence-electron chi connectivity index (χ3n) is 4.10.